The maximum absolute atomic E-state index is 10.9. The molecule has 2 aromatic rings. The third-order valence-electron chi connectivity index (χ3n) is 2.68. The van der Waals surface area contributed by atoms with Gasteiger partial charge in [0.1, 0.15) is 5.52 Å². The molecule has 1 aromatic carbocycles. The van der Waals surface area contributed by atoms with Crippen LogP contribution in [0.1, 0.15) is 24.8 Å². The number of nitrogens with zero attached hydrogens (tertiary/aromatic N) is 1. The second-order valence-corrected chi connectivity index (χ2v) is 3.93. The van der Waals surface area contributed by atoms with E-state index in [-0.39, 0.29) is 5.91 Å². The van der Waals surface area contributed by atoms with Crippen LogP contribution in [0, 0.1) is 0 Å². The minimum Gasteiger partial charge on any atom is -0.443 e. The molecule has 0 saturated heterocycles. The molecule has 0 bridgehead atoms. The largest absolute Gasteiger partial charge is 0.443 e. The zero-order valence-electron chi connectivity index (χ0n) is 9.48. The van der Waals surface area contributed by atoms with Gasteiger partial charge in [-0.05, 0) is 37.0 Å². The standard InChI is InChI=1S/C12H15N3O2/c13-15-12(16)4-2-1-3-9-5-6-10-11(7-9)17-8-14-10/h5-8H,1-4,13H2,(H,15,16). The smallest absolute Gasteiger partial charge is 0.233 e. The highest BCUT2D eigenvalue weighted by atomic mass is 16.3. The molecule has 90 valence electrons. The second kappa shape index (κ2) is 5.45. The van der Waals surface area contributed by atoms with Crippen LogP contribution >= 0.6 is 0 Å². The predicted octanol–water partition coefficient (Wildman–Crippen LogP) is 1.53. The molecular formula is C12H15N3O2. The van der Waals surface area contributed by atoms with Crippen LogP contribution in [0.3, 0.4) is 0 Å². The quantitative estimate of drug-likeness (QED) is 0.355. The molecular weight excluding hydrogens is 218 g/mol. The molecule has 1 amide bonds. The molecule has 5 heteroatoms. The number of nitrogens with two attached hydrogens (primary N) is 1. The van der Waals surface area contributed by atoms with Crippen molar-refractivity contribution in [3.63, 3.8) is 0 Å². The number of carbonyl (C=O) groups excluding carboxylic acids is 1. The number of aryl methyl sites for hydroxylation is 1. The molecule has 5 nitrogen and oxygen atoms in total. The minimum absolute atomic E-state index is 0.115. The summed E-state index contributed by atoms with van der Waals surface area (Å²) in [5.74, 6) is 4.88. The van der Waals surface area contributed by atoms with Gasteiger partial charge in [0, 0.05) is 6.42 Å². The van der Waals surface area contributed by atoms with Gasteiger partial charge >= 0.3 is 0 Å². The molecule has 0 aliphatic carbocycles. The van der Waals surface area contributed by atoms with Gasteiger partial charge in [-0.15, -0.1) is 0 Å². The summed E-state index contributed by atoms with van der Waals surface area (Å²) in [6.45, 7) is 0. The number of aromatic nitrogens is 1. The zero-order chi connectivity index (χ0) is 12.1. The Morgan fingerprint density at radius 2 is 2.29 bits per heavy atom. The van der Waals surface area contributed by atoms with E-state index >= 15 is 0 Å². The number of carbonyl (C=O) groups is 1. The predicted molar refractivity (Wildman–Crippen MR) is 63.9 cm³/mol. The number of benzene rings is 1. The van der Waals surface area contributed by atoms with E-state index in [0.29, 0.717) is 6.42 Å². The number of hydrogen-bond donors (Lipinski definition) is 2. The van der Waals surface area contributed by atoms with Crippen molar-refractivity contribution in [1.29, 1.82) is 0 Å². The highest BCUT2D eigenvalue weighted by Crippen LogP contribution is 2.16. The summed E-state index contributed by atoms with van der Waals surface area (Å²) in [6.07, 6.45) is 4.63. The van der Waals surface area contributed by atoms with E-state index in [9.17, 15) is 4.79 Å². The second-order valence-electron chi connectivity index (χ2n) is 3.93. The van der Waals surface area contributed by atoms with Gasteiger partial charge in [-0.3, -0.25) is 10.2 Å². The molecule has 0 saturated carbocycles. The van der Waals surface area contributed by atoms with E-state index in [4.69, 9.17) is 10.3 Å². The van der Waals surface area contributed by atoms with Gasteiger partial charge in [-0.1, -0.05) is 6.07 Å². The van der Waals surface area contributed by atoms with Crippen LogP contribution < -0.4 is 11.3 Å². The number of fused-ring (bicyclic) bond motifs is 1. The summed E-state index contributed by atoms with van der Waals surface area (Å²) >= 11 is 0. The van der Waals surface area contributed by atoms with Crippen LogP contribution in [0.2, 0.25) is 0 Å². The Bertz CT molecular complexity index is 507. The first-order valence-corrected chi connectivity index (χ1v) is 5.61. The van der Waals surface area contributed by atoms with Crippen LogP contribution in [-0.2, 0) is 11.2 Å². The third-order valence-corrected chi connectivity index (χ3v) is 2.68. The number of unbranched alkanes of at least 4 members (excludes halogenated alkanes) is 1. The lowest BCUT2D eigenvalue weighted by Crippen LogP contribution is -2.29. The van der Waals surface area contributed by atoms with Crippen molar-refractivity contribution in [3.05, 3.63) is 30.2 Å². The van der Waals surface area contributed by atoms with Crippen molar-refractivity contribution in [3.8, 4) is 0 Å². The van der Waals surface area contributed by atoms with E-state index < -0.39 is 0 Å². The van der Waals surface area contributed by atoms with Gasteiger partial charge in [0.05, 0.1) is 0 Å². The average molecular weight is 233 g/mol. The van der Waals surface area contributed by atoms with Crippen molar-refractivity contribution in [2.24, 2.45) is 5.84 Å². The number of hydrazine groups is 1. The van der Waals surface area contributed by atoms with E-state index in [1.54, 1.807) is 0 Å². The van der Waals surface area contributed by atoms with Crippen molar-refractivity contribution in [2.75, 3.05) is 0 Å². The Labute approximate surface area is 99.0 Å². The molecule has 3 N–H and O–H groups in total. The third kappa shape index (κ3) is 3.04. The molecule has 0 radical (unpaired) electrons. The van der Waals surface area contributed by atoms with Crippen LogP contribution in [0.5, 0.6) is 0 Å². The van der Waals surface area contributed by atoms with Crippen molar-refractivity contribution in [1.82, 2.24) is 10.4 Å². The van der Waals surface area contributed by atoms with Gasteiger partial charge < -0.3 is 4.42 Å². The summed E-state index contributed by atoms with van der Waals surface area (Å²) in [7, 11) is 0. The number of hydrogen-bond acceptors (Lipinski definition) is 4. The zero-order valence-corrected chi connectivity index (χ0v) is 9.48. The SMILES string of the molecule is NNC(=O)CCCCc1ccc2ncoc2c1. The van der Waals surface area contributed by atoms with Crippen molar-refractivity contribution >= 4 is 17.0 Å². The molecule has 1 aromatic heterocycles. The maximum Gasteiger partial charge on any atom is 0.233 e. The summed E-state index contributed by atoms with van der Waals surface area (Å²) in [5, 5.41) is 0. The molecule has 2 rings (SSSR count). The van der Waals surface area contributed by atoms with Crippen molar-refractivity contribution < 1.29 is 9.21 Å². The first-order chi connectivity index (χ1) is 8.29. The minimum atomic E-state index is -0.115. The lowest BCUT2D eigenvalue weighted by atomic mass is 10.1. The van der Waals surface area contributed by atoms with E-state index in [0.717, 1.165) is 30.4 Å². The number of nitrogens with one attached hydrogen (secondary N) is 1. The highest BCUT2D eigenvalue weighted by Gasteiger charge is 2.01. The molecule has 0 fully saturated rings. The molecule has 0 unspecified atom stereocenters. The Balaban J connectivity index is 1.84. The van der Waals surface area contributed by atoms with Crippen LogP contribution in [-0.4, -0.2) is 10.9 Å². The number of amides is 1. The summed E-state index contributed by atoms with van der Waals surface area (Å²) in [6, 6.07) is 5.97. The van der Waals surface area contributed by atoms with Gasteiger partial charge in [0.2, 0.25) is 5.91 Å². The van der Waals surface area contributed by atoms with Crippen LogP contribution in [0.4, 0.5) is 0 Å². The van der Waals surface area contributed by atoms with Crippen LogP contribution in [0.25, 0.3) is 11.1 Å². The van der Waals surface area contributed by atoms with Gasteiger partial charge in [-0.25, -0.2) is 10.8 Å². The molecule has 0 aliphatic heterocycles. The van der Waals surface area contributed by atoms with Crippen molar-refractivity contribution in [2.45, 2.75) is 25.7 Å². The highest BCUT2D eigenvalue weighted by molar-refractivity contribution is 5.75. The first kappa shape index (κ1) is 11.6. The van der Waals surface area contributed by atoms with E-state index in [1.807, 2.05) is 18.2 Å². The van der Waals surface area contributed by atoms with Gasteiger partial charge in [0.25, 0.3) is 0 Å². The summed E-state index contributed by atoms with van der Waals surface area (Å²) < 4.78 is 5.23. The van der Waals surface area contributed by atoms with Crippen LogP contribution in [0.15, 0.2) is 29.0 Å². The average Bonchev–Trinajstić information content (AvgIpc) is 2.81. The Hall–Kier alpha value is -1.88. The Kier molecular flexibility index (Phi) is 3.72. The molecule has 0 spiro atoms. The fourth-order valence-electron chi connectivity index (χ4n) is 1.74. The Morgan fingerprint density at radius 3 is 3.12 bits per heavy atom. The summed E-state index contributed by atoms with van der Waals surface area (Å²) in [5.41, 5.74) is 5.00. The molecule has 1 heterocycles. The molecule has 17 heavy (non-hydrogen) atoms. The van der Waals surface area contributed by atoms with Gasteiger partial charge in [-0.2, -0.15) is 0 Å². The van der Waals surface area contributed by atoms with E-state index in [2.05, 4.69) is 10.4 Å². The maximum atomic E-state index is 10.9. The fourth-order valence-corrected chi connectivity index (χ4v) is 1.74. The molecule has 0 atom stereocenters. The van der Waals surface area contributed by atoms with E-state index in [1.165, 1.54) is 12.0 Å². The number of rotatable bonds is 5. The summed E-state index contributed by atoms with van der Waals surface area (Å²) in [4.78, 5) is 15.0. The fraction of sp³-hybridized carbons (Fsp3) is 0.333. The normalized spacial score (nSPS) is 10.6. The first-order valence-electron chi connectivity index (χ1n) is 5.61. The monoisotopic (exact) mass is 233 g/mol. The number of oxazole rings is 1. The van der Waals surface area contributed by atoms with Gasteiger partial charge in [0.15, 0.2) is 12.0 Å². The Morgan fingerprint density at radius 1 is 1.41 bits per heavy atom. The lowest BCUT2D eigenvalue weighted by molar-refractivity contribution is -0.121. The molecule has 0 aliphatic rings. The lowest BCUT2D eigenvalue weighted by Gasteiger charge is -2.01. The topological polar surface area (TPSA) is 81.1 Å².